The Balaban J connectivity index is 1.16. The van der Waals surface area contributed by atoms with Gasteiger partial charge in [-0.25, -0.2) is 0 Å². The minimum atomic E-state index is -0.491. The van der Waals surface area contributed by atoms with Crippen molar-refractivity contribution in [2.24, 2.45) is 0 Å². The number of hydrogen-bond donors (Lipinski definition) is 0. The van der Waals surface area contributed by atoms with Crippen molar-refractivity contribution in [3.63, 3.8) is 0 Å². The summed E-state index contributed by atoms with van der Waals surface area (Å²) in [6.45, 7) is 9.84. The molecule has 10 aromatic rings. The summed E-state index contributed by atoms with van der Waals surface area (Å²) in [5.41, 5.74) is 21.6. The molecule has 0 aliphatic heterocycles. The Morgan fingerprint density at radius 3 is 1.58 bits per heavy atom. The van der Waals surface area contributed by atoms with E-state index in [0.29, 0.717) is 0 Å². The van der Waals surface area contributed by atoms with Gasteiger partial charge in [0.2, 0.25) is 0 Å². The smallest absolute Gasteiger partial charge is 0.0726 e. The molecule has 3 aliphatic carbocycles. The summed E-state index contributed by atoms with van der Waals surface area (Å²) in [6.07, 6.45) is 2.29. The van der Waals surface area contributed by atoms with E-state index in [-0.39, 0.29) is 10.8 Å². The third-order valence-corrected chi connectivity index (χ3v) is 15.7. The second kappa shape index (κ2) is 14.3. The molecule has 0 amide bonds. The third kappa shape index (κ3) is 5.53. The molecular formula is C65H51N. The maximum absolute atomic E-state index is 2.61. The summed E-state index contributed by atoms with van der Waals surface area (Å²) in [5, 5.41) is 5.02. The van der Waals surface area contributed by atoms with E-state index >= 15 is 0 Å². The van der Waals surface area contributed by atoms with Crippen LogP contribution < -0.4 is 4.90 Å². The van der Waals surface area contributed by atoms with Gasteiger partial charge < -0.3 is 4.90 Å². The van der Waals surface area contributed by atoms with Crippen LogP contribution in [0.1, 0.15) is 73.9 Å². The molecule has 316 valence electrons. The molecule has 0 bridgehead atoms. The normalized spacial score (nSPS) is 15.5. The van der Waals surface area contributed by atoms with E-state index < -0.39 is 5.41 Å². The van der Waals surface area contributed by atoms with E-state index in [1.165, 1.54) is 105 Å². The lowest BCUT2D eigenvalue weighted by atomic mass is 9.61. The number of fused-ring (bicyclic) bond motifs is 14. The zero-order chi connectivity index (χ0) is 44.4. The third-order valence-electron chi connectivity index (χ3n) is 15.7. The van der Waals surface area contributed by atoms with Crippen LogP contribution in [0.3, 0.4) is 0 Å². The summed E-state index contributed by atoms with van der Waals surface area (Å²) in [6, 6.07) is 80.4. The molecule has 0 radical (unpaired) electrons. The Labute approximate surface area is 388 Å². The van der Waals surface area contributed by atoms with Crippen molar-refractivity contribution >= 4 is 38.6 Å². The highest BCUT2D eigenvalue weighted by atomic mass is 15.1. The lowest BCUT2D eigenvalue weighted by Gasteiger charge is -2.43. The lowest BCUT2D eigenvalue weighted by Crippen LogP contribution is -2.34. The first-order valence-electron chi connectivity index (χ1n) is 23.7. The van der Waals surface area contributed by atoms with Gasteiger partial charge in [-0.3, -0.25) is 0 Å². The largest absolute Gasteiger partial charge is 0.310 e. The van der Waals surface area contributed by atoms with Crippen molar-refractivity contribution in [1.29, 1.82) is 0 Å². The average Bonchev–Trinajstić information content (AvgIpc) is 3.82. The average molecular weight is 846 g/mol. The summed E-state index contributed by atoms with van der Waals surface area (Å²) >= 11 is 0. The molecule has 10 aromatic carbocycles. The molecule has 66 heavy (non-hydrogen) atoms. The number of nitrogens with zero attached hydrogens (tertiary/aromatic N) is 1. The van der Waals surface area contributed by atoms with Gasteiger partial charge in [-0.2, -0.15) is 0 Å². The van der Waals surface area contributed by atoms with E-state index in [9.17, 15) is 0 Å². The van der Waals surface area contributed by atoms with Crippen LogP contribution >= 0.6 is 0 Å². The minimum absolute atomic E-state index is 0.0215. The topological polar surface area (TPSA) is 3.24 Å². The molecule has 1 spiro atoms. The highest BCUT2D eigenvalue weighted by Gasteiger charge is 2.52. The highest BCUT2D eigenvalue weighted by molar-refractivity contribution is 6.09. The van der Waals surface area contributed by atoms with Crippen molar-refractivity contribution < 1.29 is 0 Å². The van der Waals surface area contributed by atoms with Crippen molar-refractivity contribution in [3.8, 4) is 44.5 Å². The van der Waals surface area contributed by atoms with Crippen LogP contribution in [0, 0.1) is 0 Å². The molecule has 0 fully saturated rings. The predicted octanol–water partition coefficient (Wildman–Crippen LogP) is 17.5. The van der Waals surface area contributed by atoms with Gasteiger partial charge in [0, 0.05) is 16.9 Å². The van der Waals surface area contributed by atoms with Crippen LogP contribution in [0.15, 0.2) is 212 Å². The van der Waals surface area contributed by atoms with Crippen LogP contribution in [-0.4, -0.2) is 0 Å². The SMILES string of the molecule is CC1(C)CCC(C)(C)c2c(-c3cc4c(cc3N(c3ccc(-c5ccccc5)cc3)c3ccc5c(ccc6ccccc65)c3)C3(c5ccccc5-c5ccccc53)c3ccccc3-4)cccc21. The number of hydrogen-bond acceptors (Lipinski definition) is 1. The van der Waals surface area contributed by atoms with Gasteiger partial charge >= 0.3 is 0 Å². The van der Waals surface area contributed by atoms with Crippen molar-refractivity contribution in [3.05, 3.63) is 246 Å². The maximum atomic E-state index is 2.61. The Kier molecular flexibility index (Phi) is 8.41. The molecule has 0 heterocycles. The number of benzene rings is 10. The first-order valence-corrected chi connectivity index (χ1v) is 23.7. The maximum Gasteiger partial charge on any atom is 0.0726 e. The zero-order valence-electron chi connectivity index (χ0n) is 38.1. The Bertz CT molecular complexity index is 3540. The number of anilines is 3. The first kappa shape index (κ1) is 38.9. The van der Waals surface area contributed by atoms with Gasteiger partial charge in [0.15, 0.2) is 0 Å². The lowest BCUT2D eigenvalue weighted by molar-refractivity contribution is 0.333. The molecule has 1 nitrogen and oxygen atoms in total. The monoisotopic (exact) mass is 845 g/mol. The summed E-state index contributed by atoms with van der Waals surface area (Å²) in [4.78, 5) is 2.57. The van der Waals surface area contributed by atoms with Crippen LogP contribution in [0.25, 0.3) is 66.1 Å². The second-order valence-electron chi connectivity index (χ2n) is 20.2. The van der Waals surface area contributed by atoms with Crippen LogP contribution in [0.5, 0.6) is 0 Å². The summed E-state index contributed by atoms with van der Waals surface area (Å²) in [7, 11) is 0. The molecule has 3 aliphatic rings. The fourth-order valence-electron chi connectivity index (χ4n) is 12.5. The van der Waals surface area contributed by atoms with E-state index in [1.54, 1.807) is 0 Å². The van der Waals surface area contributed by atoms with E-state index in [4.69, 9.17) is 0 Å². The molecule has 1 heteroatoms. The molecule has 0 N–H and O–H groups in total. The molecule has 0 aromatic heterocycles. The van der Waals surface area contributed by atoms with E-state index in [1.807, 2.05) is 0 Å². The molecular weight excluding hydrogens is 795 g/mol. The van der Waals surface area contributed by atoms with Crippen molar-refractivity contribution in [2.75, 3.05) is 4.90 Å². The first-order chi connectivity index (χ1) is 32.2. The Hall–Kier alpha value is -7.48. The van der Waals surface area contributed by atoms with Gasteiger partial charge in [-0.15, -0.1) is 0 Å². The predicted molar refractivity (Wildman–Crippen MR) is 279 cm³/mol. The fourth-order valence-corrected chi connectivity index (χ4v) is 12.5. The van der Waals surface area contributed by atoms with E-state index in [0.717, 1.165) is 24.2 Å². The standard InChI is InChI=1S/C65H51N/c1-63(2)37-38-64(3,4)62-53(24-16-28-59(62)63)55-40-54-52-23-12-15-27-58(52)65(56-25-13-10-21-50(56)51-22-11-14-26-57(51)65)60(54)41-61(55)66(46-33-31-43(32-34-46)42-17-6-5-7-18-42)47-35-36-49-45(39-47)30-29-44-19-8-9-20-48(44)49/h5-36,39-41H,37-38H2,1-4H3. The molecule has 13 rings (SSSR count). The minimum Gasteiger partial charge on any atom is -0.310 e. The fraction of sp³-hybridized carbons (Fsp3) is 0.138. The van der Waals surface area contributed by atoms with Gasteiger partial charge in [0.05, 0.1) is 11.1 Å². The molecule has 0 saturated carbocycles. The van der Waals surface area contributed by atoms with Gasteiger partial charge in [0.1, 0.15) is 0 Å². The number of rotatable bonds is 5. The van der Waals surface area contributed by atoms with Crippen molar-refractivity contribution in [1.82, 2.24) is 0 Å². The van der Waals surface area contributed by atoms with Crippen molar-refractivity contribution in [2.45, 2.75) is 56.8 Å². The zero-order valence-corrected chi connectivity index (χ0v) is 38.1. The van der Waals surface area contributed by atoms with Crippen LogP contribution in [0.4, 0.5) is 17.1 Å². The Morgan fingerprint density at radius 2 is 0.864 bits per heavy atom. The molecule has 0 unspecified atom stereocenters. The highest BCUT2D eigenvalue weighted by Crippen LogP contribution is 2.65. The molecule has 0 atom stereocenters. The quantitative estimate of drug-likeness (QED) is 0.156. The summed E-state index contributed by atoms with van der Waals surface area (Å²) < 4.78 is 0. The summed E-state index contributed by atoms with van der Waals surface area (Å²) in [5.74, 6) is 0. The van der Waals surface area contributed by atoms with Gasteiger partial charge in [-0.05, 0) is 154 Å². The van der Waals surface area contributed by atoms with Crippen LogP contribution in [-0.2, 0) is 16.2 Å². The van der Waals surface area contributed by atoms with Gasteiger partial charge in [0.25, 0.3) is 0 Å². The van der Waals surface area contributed by atoms with E-state index in [2.05, 4.69) is 245 Å². The van der Waals surface area contributed by atoms with Crippen LogP contribution in [0.2, 0.25) is 0 Å². The second-order valence-corrected chi connectivity index (χ2v) is 20.2. The molecule has 0 saturated heterocycles. The Morgan fingerprint density at radius 1 is 0.333 bits per heavy atom. The van der Waals surface area contributed by atoms with Gasteiger partial charge in [-0.1, -0.05) is 204 Å².